The molecule has 0 aliphatic heterocycles. The van der Waals surface area contributed by atoms with E-state index in [-0.39, 0.29) is 0 Å². The lowest BCUT2D eigenvalue weighted by Crippen LogP contribution is -2.26. The first-order valence-corrected chi connectivity index (χ1v) is 9.26. The summed E-state index contributed by atoms with van der Waals surface area (Å²) in [5.41, 5.74) is 2.71. The van der Waals surface area contributed by atoms with Crippen LogP contribution in [-0.2, 0) is 0 Å². The lowest BCUT2D eigenvalue weighted by atomic mass is 9.89. The summed E-state index contributed by atoms with van der Waals surface area (Å²) in [5, 5.41) is 3.69. The smallest absolute Gasteiger partial charge is 0.0758 e. The maximum atomic E-state index is 3.70. The van der Waals surface area contributed by atoms with Crippen molar-refractivity contribution in [1.29, 1.82) is 0 Å². The monoisotopic (exact) mass is 415 g/mol. The first kappa shape index (κ1) is 16.2. The molecule has 1 aromatic carbocycles. The third-order valence-corrected chi connectivity index (χ3v) is 5.84. The van der Waals surface area contributed by atoms with E-state index in [0.29, 0.717) is 12.0 Å². The minimum atomic E-state index is 0.328. The molecular weight excluding hydrogens is 398 g/mol. The van der Waals surface area contributed by atoms with Crippen molar-refractivity contribution >= 4 is 43.2 Å². The van der Waals surface area contributed by atoms with Crippen LogP contribution in [0.15, 0.2) is 44.0 Å². The molecule has 2 aromatic rings. The van der Waals surface area contributed by atoms with Gasteiger partial charge >= 0.3 is 0 Å². The van der Waals surface area contributed by atoms with E-state index in [1.807, 2.05) is 0 Å². The Bertz CT molecular complexity index is 539. The van der Waals surface area contributed by atoms with Gasteiger partial charge in [-0.1, -0.05) is 44.2 Å². The summed E-state index contributed by atoms with van der Waals surface area (Å²) >= 11 is 9.02. The van der Waals surface area contributed by atoms with E-state index in [1.165, 1.54) is 18.7 Å². The Morgan fingerprint density at radius 2 is 1.90 bits per heavy atom. The second kappa shape index (κ2) is 7.74. The molecule has 1 aromatic heterocycles. The zero-order valence-corrected chi connectivity index (χ0v) is 15.7. The number of thiophene rings is 1. The van der Waals surface area contributed by atoms with Crippen molar-refractivity contribution in [1.82, 2.24) is 5.32 Å². The fourth-order valence-corrected chi connectivity index (χ4v) is 5.30. The van der Waals surface area contributed by atoms with Crippen LogP contribution in [0.3, 0.4) is 0 Å². The second-order valence-corrected chi connectivity index (χ2v) is 8.66. The van der Waals surface area contributed by atoms with Crippen molar-refractivity contribution in [2.24, 2.45) is 0 Å². The van der Waals surface area contributed by atoms with Gasteiger partial charge in [0.15, 0.2) is 0 Å². The summed E-state index contributed by atoms with van der Waals surface area (Å²) in [7, 11) is 0. The summed E-state index contributed by atoms with van der Waals surface area (Å²) in [5.74, 6) is 0.431. The van der Waals surface area contributed by atoms with E-state index in [1.54, 1.807) is 11.3 Å². The molecule has 0 saturated carbocycles. The molecule has 1 nitrogen and oxygen atoms in total. The molecule has 1 heterocycles. The topological polar surface area (TPSA) is 12.0 Å². The number of nitrogens with one attached hydrogen (secondary N) is 1. The highest BCUT2D eigenvalue weighted by atomic mass is 79.9. The normalized spacial score (nSPS) is 14.2. The lowest BCUT2D eigenvalue weighted by Gasteiger charge is -2.25. The maximum Gasteiger partial charge on any atom is 0.0758 e. The summed E-state index contributed by atoms with van der Waals surface area (Å²) in [6.45, 7) is 5.53. The molecule has 0 aliphatic carbocycles. The zero-order valence-electron chi connectivity index (χ0n) is 11.7. The molecule has 0 spiro atoms. The highest BCUT2D eigenvalue weighted by Crippen LogP contribution is 2.40. The molecule has 0 bridgehead atoms. The van der Waals surface area contributed by atoms with Gasteiger partial charge in [0.2, 0.25) is 0 Å². The van der Waals surface area contributed by atoms with E-state index in [0.717, 1.165) is 13.0 Å². The van der Waals surface area contributed by atoms with Gasteiger partial charge in [0.05, 0.1) is 7.57 Å². The van der Waals surface area contributed by atoms with Crippen molar-refractivity contribution in [2.45, 2.75) is 32.2 Å². The second-order valence-electron chi connectivity index (χ2n) is 4.91. The van der Waals surface area contributed by atoms with Crippen LogP contribution in [0.1, 0.15) is 43.4 Å². The average molecular weight is 417 g/mol. The fourth-order valence-electron chi connectivity index (χ4n) is 2.37. The van der Waals surface area contributed by atoms with Crippen LogP contribution in [0.4, 0.5) is 0 Å². The van der Waals surface area contributed by atoms with Crippen molar-refractivity contribution in [3.8, 4) is 0 Å². The Morgan fingerprint density at radius 3 is 2.45 bits per heavy atom. The first-order chi connectivity index (χ1) is 9.63. The molecule has 108 valence electrons. The minimum Gasteiger partial charge on any atom is -0.309 e. The Hall–Kier alpha value is -0.160. The predicted molar refractivity (Wildman–Crippen MR) is 95.6 cm³/mol. The van der Waals surface area contributed by atoms with Crippen LogP contribution in [0.2, 0.25) is 0 Å². The number of rotatable bonds is 6. The van der Waals surface area contributed by atoms with E-state index >= 15 is 0 Å². The van der Waals surface area contributed by atoms with Crippen molar-refractivity contribution in [3.05, 3.63) is 55.1 Å². The first-order valence-electron chi connectivity index (χ1n) is 6.86. The van der Waals surface area contributed by atoms with Gasteiger partial charge in [-0.25, -0.2) is 0 Å². The SMILES string of the molecule is CCCNC(c1cc(Br)sc1Br)C(C)c1ccccc1. The summed E-state index contributed by atoms with van der Waals surface area (Å²) in [4.78, 5) is 0. The molecule has 4 heteroatoms. The molecule has 0 radical (unpaired) electrons. The lowest BCUT2D eigenvalue weighted by molar-refractivity contribution is 0.466. The van der Waals surface area contributed by atoms with Crippen molar-refractivity contribution < 1.29 is 0 Å². The summed E-state index contributed by atoms with van der Waals surface area (Å²) in [6, 6.07) is 13.3. The molecule has 0 aliphatic rings. The molecule has 2 unspecified atom stereocenters. The van der Waals surface area contributed by atoms with Gasteiger partial charge in [-0.15, -0.1) is 11.3 Å². The van der Waals surface area contributed by atoms with Gasteiger partial charge in [-0.3, -0.25) is 0 Å². The van der Waals surface area contributed by atoms with Crippen molar-refractivity contribution in [3.63, 3.8) is 0 Å². The highest BCUT2D eigenvalue weighted by Gasteiger charge is 2.23. The molecule has 2 rings (SSSR count). The third-order valence-electron chi connectivity index (χ3n) is 3.46. The zero-order chi connectivity index (χ0) is 14.5. The maximum absolute atomic E-state index is 3.70. The number of hydrogen-bond donors (Lipinski definition) is 1. The molecule has 20 heavy (non-hydrogen) atoms. The molecule has 0 fully saturated rings. The molecular formula is C16H19Br2NS. The molecule has 1 N–H and O–H groups in total. The van der Waals surface area contributed by atoms with E-state index < -0.39 is 0 Å². The summed E-state index contributed by atoms with van der Waals surface area (Å²) < 4.78 is 2.38. The molecule has 2 atom stereocenters. The van der Waals surface area contributed by atoms with Crippen LogP contribution in [-0.4, -0.2) is 6.54 Å². The van der Waals surface area contributed by atoms with Crippen LogP contribution in [0, 0.1) is 0 Å². The standard InChI is InChI=1S/C16H19Br2NS/c1-3-9-19-15(13-10-14(17)20-16(13)18)11(2)12-7-5-4-6-8-12/h4-8,10-11,15,19H,3,9H2,1-2H3. The Morgan fingerprint density at radius 1 is 1.20 bits per heavy atom. The number of hydrogen-bond acceptors (Lipinski definition) is 2. The van der Waals surface area contributed by atoms with Gasteiger partial charge in [-0.2, -0.15) is 0 Å². The van der Waals surface area contributed by atoms with Crippen LogP contribution in [0.5, 0.6) is 0 Å². The number of benzene rings is 1. The molecule has 0 amide bonds. The third kappa shape index (κ3) is 3.94. The average Bonchev–Trinajstić information content (AvgIpc) is 2.79. The van der Waals surface area contributed by atoms with Crippen LogP contribution in [0.25, 0.3) is 0 Å². The largest absolute Gasteiger partial charge is 0.309 e. The predicted octanol–water partition coefficient (Wildman–Crippen LogP) is 6.12. The number of halogens is 2. The van der Waals surface area contributed by atoms with Gasteiger partial charge in [0.25, 0.3) is 0 Å². The minimum absolute atomic E-state index is 0.328. The Kier molecular flexibility index (Phi) is 6.27. The fraction of sp³-hybridized carbons (Fsp3) is 0.375. The van der Waals surface area contributed by atoms with Crippen LogP contribution >= 0.6 is 43.2 Å². The Balaban J connectivity index is 2.30. The van der Waals surface area contributed by atoms with Gasteiger partial charge in [0.1, 0.15) is 0 Å². The molecule has 0 saturated heterocycles. The van der Waals surface area contributed by atoms with Crippen molar-refractivity contribution in [2.75, 3.05) is 6.54 Å². The summed E-state index contributed by atoms with van der Waals surface area (Å²) in [6.07, 6.45) is 1.14. The Labute approximate surface area is 142 Å². The highest BCUT2D eigenvalue weighted by molar-refractivity contribution is 9.12. The van der Waals surface area contributed by atoms with Gasteiger partial charge < -0.3 is 5.32 Å². The van der Waals surface area contributed by atoms with E-state index in [9.17, 15) is 0 Å². The quantitative estimate of drug-likeness (QED) is 0.598. The van der Waals surface area contributed by atoms with Crippen LogP contribution < -0.4 is 5.32 Å². The van der Waals surface area contributed by atoms with E-state index in [4.69, 9.17) is 0 Å². The van der Waals surface area contributed by atoms with E-state index in [2.05, 4.69) is 87.4 Å². The van der Waals surface area contributed by atoms with Gasteiger partial charge in [0, 0.05) is 12.0 Å². The van der Waals surface area contributed by atoms with Gasteiger partial charge in [-0.05, 0) is 62.0 Å².